The summed E-state index contributed by atoms with van der Waals surface area (Å²) in [5.74, 6) is -1.42. The quantitative estimate of drug-likeness (QED) is 0.669. The Morgan fingerprint density at radius 3 is 2.42 bits per heavy atom. The molecule has 0 bridgehead atoms. The first-order chi connectivity index (χ1) is 9.15. The first kappa shape index (κ1) is 12.9. The van der Waals surface area contributed by atoms with Crippen LogP contribution in [0.3, 0.4) is 0 Å². The van der Waals surface area contributed by atoms with E-state index in [2.05, 4.69) is 10.5 Å². The van der Waals surface area contributed by atoms with Gasteiger partial charge in [-0.1, -0.05) is 18.2 Å². The van der Waals surface area contributed by atoms with Crippen LogP contribution in [0, 0.1) is 11.6 Å². The minimum atomic E-state index is -0.535. The van der Waals surface area contributed by atoms with E-state index in [0.29, 0.717) is 5.56 Å². The molecule has 2 rings (SSSR count). The van der Waals surface area contributed by atoms with Gasteiger partial charge in [-0.3, -0.25) is 4.79 Å². The number of carbonyl (C=O) groups excluding carboxylic acids is 1. The molecule has 0 spiro atoms. The summed E-state index contributed by atoms with van der Waals surface area (Å²) in [6, 6.07) is 11.0. The van der Waals surface area contributed by atoms with Gasteiger partial charge in [0.2, 0.25) is 0 Å². The largest absolute Gasteiger partial charge is 0.271 e. The molecule has 0 aliphatic rings. The standard InChI is InChI=1S/C14H10F2N2O/c15-12-5-1-3-10(7-12)9-17-18-14(19)11-4-2-6-13(16)8-11/h1-9H,(H,18,19). The van der Waals surface area contributed by atoms with Crippen LogP contribution in [0.2, 0.25) is 0 Å². The van der Waals surface area contributed by atoms with Crippen LogP contribution in [0.5, 0.6) is 0 Å². The number of hydrazone groups is 1. The summed E-state index contributed by atoms with van der Waals surface area (Å²) in [6.45, 7) is 0. The fourth-order valence-electron chi connectivity index (χ4n) is 1.45. The van der Waals surface area contributed by atoms with Gasteiger partial charge in [-0.25, -0.2) is 14.2 Å². The van der Waals surface area contributed by atoms with E-state index in [1.165, 1.54) is 42.6 Å². The van der Waals surface area contributed by atoms with Crippen molar-refractivity contribution in [2.24, 2.45) is 5.10 Å². The molecule has 5 heteroatoms. The highest BCUT2D eigenvalue weighted by Crippen LogP contribution is 2.03. The minimum Gasteiger partial charge on any atom is -0.267 e. The number of rotatable bonds is 3. The lowest BCUT2D eigenvalue weighted by molar-refractivity contribution is 0.0954. The zero-order valence-corrected chi connectivity index (χ0v) is 9.81. The predicted molar refractivity (Wildman–Crippen MR) is 67.9 cm³/mol. The third kappa shape index (κ3) is 3.70. The van der Waals surface area contributed by atoms with E-state index in [1.807, 2.05) is 0 Å². The zero-order chi connectivity index (χ0) is 13.7. The van der Waals surface area contributed by atoms with Gasteiger partial charge in [0.1, 0.15) is 11.6 Å². The van der Waals surface area contributed by atoms with Crippen molar-refractivity contribution < 1.29 is 13.6 Å². The van der Waals surface area contributed by atoms with Gasteiger partial charge in [-0.05, 0) is 35.9 Å². The van der Waals surface area contributed by atoms with Crippen LogP contribution >= 0.6 is 0 Å². The summed E-state index contributed by atoms with van der Waals surface area (Å²) < 4.78 is 25.8. The molecule has 0 atom stereocenters. The third-order valence-electron chi connectivity index (χ3n) is 2.32. The van der Waals surface area contributed by atoms with Crippen LogP contribution in [0.15, 0.2) is 53.6 Å². The Morgan fingerprint density at radius 2 is 1.74 bits per heavy atom. The van der Waals surface area contributed by atoms with Gasteiger partial charge >= 0.3 is 0 Å². The molecule has 0 unspecified atom stereocenters. The molecule has 0 saturated carbocycles. The molecule has 0 radical (unpaired) electrons. The van der Waals surface area contributed by atoms with Crippen LogP contribution < -0.4 is 5.43 Å². The first-order valence-electron chi connectivity index (χ1n) is 5.50. The number of nitrogens with zero attached hydrogens (tertiary/aromatic N) is 1. The Balaban J connectivity index is 2.01. The summed E-state index contributed by atoms with van der Waals surface area (Å²) in [4.78, 5) is 11.6. The molecule has 0 fully saturated rings. The topological polar surface area (TPSA) is 41.5 Å². The first-order valence-corrected chi connectivity index (χ1v) is 5.50. The molecule has 96 valence electrons. The van der Waals surface area contributed by atoms with Crippen molar-refractivity contribution in [3.05, 3.63) is 71.3 Å². The summed E-state index contributed by atoms with van der Waals surface area (Å²) >= 11 is 0. The van der Waals surface area contributed by atoms with Crippen molar-refractivity contribution in [2.75, 3.05) is 0 Å². The second-order valence-electron chi connectivity index (χ2n) is 3.76. The second kappa shape index (κ2) is 5.86. The maximum atomic E-state index is 12.9. The number of benzene rings is 2. The van der Waals surface area contributed by atoms with Crippen molar-refractivity contribution >= 4 is 12.1 Å². The maximum absolute atomic E-state index is 12.9. The van der Waals surface area contributed by atoms with Crippen molar-refractivity contribution in [3.63, 3.8) is 0 Å². The number of carbonyl (C=O) groups is 1. The van der Waals surface area contributed by atoms with Gasteiger partial charge in [-0.15, -0.1) is 0 Å². The Morgan fingerprint density at radius 1 is 1.05 bits per heavy atom. The molecule has 0 aliphatic heterocycles. The zero-order valence-electron chi connectivity index (χ0n) is 9.81. The Bertz CT molecular complexity index is 626. The highest BCUT2D eigenvalue weighted by Gasteiger charge is 2.04. The summed E-state index contributed by atoms with van der Waals surface area (Å²) in [6.07, 6.45) is 1.31. The van der Waals surface area contributed by atoms with Crippen LogP contribution in [-0.2, 0) is 0 Å². The average molecular weight is 260 g/mol. The molecule has 0 aliphatic carbocycles. The highest BCUT2D eigenvalue weighted by atomic mass is 19.1. The number of amides is 1. The van der Waals surface area contributed by atoms with Crippen LogP contribution in [-0.4, -0.2) is 12.1 Å². The van der Waals surface area contributed by atoms with Gasteiger partial charge in [-0.2, -0.15) is 5.10 Å². The van der Waals surface area contributed by atoms with Crippen LogP contribution in [0.25, 0.3) is 0 Å². The lowest BCUT2D eigenvalue weighted by Crippen LogP contribution is -2.17. The second-order valence-corrected chi connectivity index (χ2v) is 3.76. The van der Waals surface area contributed by atoms with Gasteiger partial charge in [0, 0.05) is 5.56 Å². The molecule has 1 N–H and O–H groups in total. The van der Waals surface area contributed by atoms with Crippen LogP contribution in [0.4, 0.5) is 8.78 Å². The summed E-state index contributed by atoms with van der Waals surface area (Å²) in [5, 5.41) is 3.68. The smallest absolute Gasteiger partial charge is 0.267 e. The fraction of sp³-hybridized carbons (Fsp3) is 0. The van der Waals surface area contributed by atoms with E-state index in [0.717, 1.165) is 6.07 Å². The van der Waals surface area contributed by atoms with Crippen molar-refractivity contribution in [3.8, 4) is 0 Å². The molecule has 0 heterocycles. The lowest BCUT2D eigenvalue weighted by Gasteiger charge is -1.99. The molecule has 2 aromatic carbocycles. The van der Waals surface area contributed by atoms with Crippen molar-refractivity contribution in [2.45, 2.75) is 0 Å². The fourth-order valence-corrected chi connectivity index (χ4v) is 1.45. The van der Waals surface area contributed by atoms with E-state index in [9.17, 15) is 13.6 Å². The predicted octanol–water partition coefficient (Wildman–Crippen LogP) is 2.73. The van der Waals surface area contributed by atoms with E-state index < -0.39 is 11.7 Å². The van der Waals surface area contributed by atoms with Crippen LogP contribution in [0.1, 0.15) is 15.9 Å². The van der Waals surface area contributed by atoms with Gasteiger partial charge in [0.25, 0.3) is 5.91 Å². The SMILES string of the molecule is O=C(NN=Cc1cccc(F)c1)c1cccc(F)c1. The molecule has 1 amide bonds. The molecular weight excluding hydrogens is 250 g/mol. The van der Waals surface area contributed by atoms with Gasteiger partial charge < -0.3 is 0 Å². The van der Waals surface area contributed by atoms with Gasteiger partial charge in [0.15, 0.2) is 0 Å². The number of hydrogen-bond acceptors (Lipinski definition) is 2. The Labute approximate surface area is 108 Å². The van der Waals surface area contributed by atoms with E-state index in [4.69, 9.17) is 0 Å². The molecule has 2 aromatic rings. The number of nitrogens with one attached hydrogen (secondary N) is 1. The lowest BCUT2D eigenvalue weighted by atomic mass is 10.2. The molecule has 19 heavy (non-hydrogen) atoms. The van der Waals surface area contributed by atoms with Crippen molar-refractivity contribution in [1.82, 2.24) is 5.43 Å². The number of halogens is 2. The summed E-state index contributed by atoms with van der Waals surface area (Å²) in [5.41, 5.74) is 2.91. The monoisotopic (exact) mass is 260 g/mol. The maximum Gasteiger partial charge on any atom is 0.271 e. The molecular formula is C14H10F2N2O. The Hall–Kier alpha value is -2.56. The summed E-state index contributed by atoms with van der Waals surface area (Å²) in [7, 11) is 0. The number of hydrogen-bond donors (Lipinski definition) is 1. The van der Waals surface area contributed by atoms with E-state index in [1.54, 1.807) is 6.07 Å². The Kier molecular flexibility index (Phi) is 3.97. The molecule has 0 aromatic heterocycles. The average Bonchev–Trinajstić information content (AvgIpc) is 2.38. The van der Waals surface area contributed by atoms with Gasteiger partial charge in [0.05, 0.1) is 6.21 Å². The van der Waals surface area contributed by atoms with E-state index in [-0.39, 0.29) is 11.4 Å². The van der Waals surface area contributed by atoms with Crippen molar-refractivity contribution in [1.29, 1.82) is 0 Å². The third-order valence-corrected chi connectivity index (χ3v) is 2.32. The normalized spacial score (nSPS) is 10.6. The highest BCUT2D eigenvalue weighted by molar-refractivity contribution is 5.94. The minimum absolute atomic E-state index is 0.163. The van der Waals surface area contributed by atoms with E-state index >= 15 is 0 Å². The molecule has 0 saturated heterocycles. The molecule has 3 nitrogen and oxygen atoms in total.